The number of nitrogens with one attached hydrogen (secondary N) is 1. The van der Waals surface area contributed by atoms with Gasteiger partial charge in [0, 0.05) is 13.0 Å². The highest BCUT2D eigenvalue weighted by molar-refractivity contribution is 5.77. The van der Waals surface area contributed by atoms with Crippen LogP contribution in [0.3, 0.4) is 0 Å². The van der Waals surface area contributed by atoms with Crippen LogP contribution in [0.4, 0.5) is 4.39 Å². The zero-order valence-electron chi connectivity index (χ0n) is 13.1. The SMILES string of the molecule is COc1ccc(CCC(=O)NCCC(=O)OC(C)C)cc1F. The minimum atomic E-state index is -0.447. The summed E-state index contributed by atoms with van der Waals surface area (Å²) in [6, 6.07) is 4.60. The molecular formula is C16H22FNO4. The van der Waals surface area contributed by atoms with E-state index in [-0.39, 0.29) is 43.1 Å². The zero-order chi connectivity index (χ0) is 16.5. The second-order valence-electron chi connectivity index (χ2n) is 5.11. The fourth-order valence-corrected chi connectivity index (χ4v) is 1.84. The maximum absolute atomic E-state index is 13.5. The second-order valence-corrected chi connectivity index (χ2v) is 5.11. The molecule has 0 bridgehead atoms. The largest absolute Gasteiger partial charge is 0.494 e. The number of methoxy groups -OCH3 is 1. The lowest BCUT2D eigenvalue weighted by atomic mass is 10.1. The molecule has 0 aliphatic carbocycles. The monoisotopic (exact) mass is 311 g/mol. The summed E-state index contributed by atoms with van der Waals surface area (Å²) in [6.45, 7) is 3.77. The molecule has 1 rings (SSSR count). The van der Waals surface area contributed by atoms with Crippen LogP contribution < -0.4 is 10.1 Å². The smallest absolute Gasteiger partial charge is 0.307 e. The molecule has 0 saturated heterocycles. The van der Waals surface area contributed by atoms with E-state index in [1.54, 1.807) is 19.9 Å². The molecule has 0 fully saturated rings. The van der Waals surface area contributed by atoms with Crippen molar-refractivity contribution in [1.82, 2.24) is 5.32 Å². The van der Waals surface area contributed by atoms with Crippen molar-refractivity contribution < 1.29 is 23.5 Å². The van der Waals surface area contributed by atoms with E-state index < -0.39 is 5.82 Å². The average molecular weight is 311 g/mol. The van der Waals surface area contributed by atoms with Gasteiger partial charge >= 0.3 is 5.97 Å². The van der Waals surface area contributed by atoms with E-state index in [2.05, 4.69) is 5.32 Å². The van der Waals surface area contributed by atoms with Gasteiger partial charge in [-0.2, -0.15) is 0 Å². The Morgan fingerprint density at radius 1 is 1.27 bits per heavy atom. The first-order valence-electron chi connectivity index (χ1n) is 7.21. The Morgan fingerprint density at radius 3 is 2.59 bits per heavy atom. The normalized spacial score (nSPS) is 10.4. The van der Waals surface area contributed by atoms with Crippen LogP contribution in [0.25, 0.3) is 0 Å². The van der Waals surface area contributed by atoms with Crippen molar-refractivity contribution in [3.8, 4) is 5.75 Å². The Kier molecular flexibility index (Phi) is 7.36. The lowest BCUT2D eigenvalue weighted by molar-refractivity contribution is -0.147. The first-order chi connectivity index (χ1) is 10.4. The van der Waals surface area contributed by atoms with E-state index in [1.807, 2.05) is 0 Å². The van der Waals surface area contributed by atoms with Crippen LogP contribution in [-0.4, -0.2) is 31.6 Å². The molecule has 22 heavy (non-hydrogen) atoms. The van der Waals surface area contributed by atoms with Crippen molar-refractivity contribution in [2.24, 2.45) is 0 Å². The van der Waals surface area contributed by atoms with Crippen LogP contribution in [0, 0.1) is 5.82 Å². The van der Waals surface area contributed by atoms with Crippen molar-refractivity contribution >= 4 is 11.9 Å². The second kappa shape index (κ2) is 9.02. The number of carbonyl (C=O) groups is 2. The third-order valence-corrected chi connectivity index (χ3v) is 2.88. The van der Waals surface area contributed by atoms with Gasteiger partial charge in [-0.25, -0.2) is 4.39 Å². The average Bonchev–Trinajstić information content (AvgIpc) is 2.44. The lowest BCUT2D eigenvalue weighted by Crippen LogP contribution is -2.27. The number of rotatable bonds is 8. The van der Waals surface area contributed by atoms with Gasteiger partial charge < -0.3 is 14.8 Å². The summed E-state index contributed by atoms with van der Waals surface area (Å²) < 4.78 is 23.3. The Labute approximate surface area is 129 Å². The van der Waals surface area contributed by atoms with Crippen LogP contribution in [0.1, 0.15) is 32.3 Å². The predicted octanol–water partition coefficient (Wildman–Crippen LogP) is 2.22. The summed E-state index contributed by atoms with van der Waals surface area (Å²) in [5, 5.41) is 2.64. The van der Waals surface area contributed by atoms with Gasteiger partial charge in [-0.3, -0.25) is 9.59 Å². The highest BCUT2D eigenvalue weighted by Gasteiger charge is 2.08. The van der Waals surface area contributed by atoms with Crippen molar-refractivity contribution in [1.29, 1.82) is 0 Å². The molecule has 0 unspecified atom stereocenters. The number of carbonyl (C=O) groups excluding carboxylic acids is 2. The van der Waals surface area contributed by atoms with E-state index in [4.69, 9.17) is 9.47 Å². The van der Waals surface area contributed by atoms with Gasteiger partial charge in [0.1, 0.15) is 0 Å². The molecule has 0 aromatic heterocycles. The molecule has 5 nitrogen and oxygen atoms in total. The Morgan fingerprint density at radius 2 is 2.00 bits per heavy atom. The quantitative estimate of drug-likeness (QED) is 0.748. The molecular weight excluding hydrogens is 289 g/mol. The molecule has 0 radical (unpaired) electrons. The van der Waals surface area contributed by atoms with Crippen molar-refractivity contribution in [2.45, 2.75) is 39.2 Å². The molecule has 0 aliphatic rings. The van der Waals surface area contributed by atoms with E-state index in [0.29, 0.717) is 12.0 Å². The van der Waals surface area contributed by atoms with E-state index >= 15 is 0 Å². The number of hydrogen-bond acceptors (Lipinski definition) is 4. The molecule has 0 heterocycles. The molecule has 1 N–H and O–H groups in total. The van der Waals surface area contributed by atoms with Gasteiger partial charge in [0.05, 0.1) is 19.6 Å². The predicted molar refractivity (Wildman–Crippen MR) is 80.1 cm³/mol. The molecule has 0 aliphatic heterocycles. The minimum absolute atomic E-state index is 0.140. The summed E-state index contributed by atoms with van der Waals surface area (Å²) in [5.74, 6) is -0.796. The summed E-state index contributed by atoms with van der Waals surface area (Å²) in [5.41, 5.74) is 0.715. The van der Waals surface area contributed by atoms with Gasteiger partial charge in [-0.05, 0) is 38.0 Å². The molecule has 0 atom stereocenters. The van der Waals surface area contributed by atoms with Crippen LogP contribution in [0.5, 0.6) is 5.75 Å². The summed E-state index contributed by atoms with van der Waals surface area (Å²) >= 11 is 0. The Balaban J connectivity index is 2.28. The highest BCUT2D eigenvalue weighted by Crippen LogP contribution is 2.18. The van der Waals surface area contributed by atoms with Crippen molar-refractivity contribution in [2.75, 3.05) is 13.7 Å². The number of aryl methyl sites for hydroxylation is 1. The number of benzene rings is 1. The topological polar surface area (TPSA) is 64.6 Å². The number of esters is 1. The van der Waals surface area contributed by atoms with Crippen LogP contribution >= 0.6 is 0 Å². The van der Waals surface area contributed by atoms with Crippen molar-refractivity contribution in [3.05, 3.63) is 29.6 Å². The fourth-order valence-electron chi connectivity index (χ4n) is 1.84. The number of hydrogen-bond donors (Lipinski definition) is 1. The molecule has 6 heteroatoms. The number of ether oxygens (including phenoxy) is 2. The van der Waals surface area contributed by atoms with Crippen LogP contribution in [-0.2, 0) is 20.7 Å². The summed E-state index contributed by atoms with van der Waals surface area (Å²) in [6.07, 6.45) is 0.628. The van der Waals surface area contributed by atoms with E-state index in [0.717, 1.165) is 0 Å². The first-order valence-corrected chi connectivity index (χ1v) is 7.21. The third-order valence-electron chi connectivity index (χ3n) is 2.88. The summed E-state index contributed by atoms with van der Waals surface area (Å²) in [7, 11) is 1.40. The van der Waals surface area contributed by atoms with Gasteiger partial charge in [0.2, 0.25) is 5.91 Å². The van der Waals surface area contributed by atoms with Gasteiger partial charge in [-0.15, -0.1) is 0 Å². The van der Waals surface area contributed by atoms with Crippen LogP contribution in [0.15, 0.2) is 18.2 Å². The Bertz CT molecular complexity index is 517. The molecule has 0 saturated carbocycles. The van der Waals surface area contributed by atoms with Gasteiger partial charge in [0.25, 0.3) is 0 Å². The van der Waals surface area contributed by atoms with Gasteiger partial charge in [-0.1, -0.05) is 6.07 Å². The molecule has 1 amide bonds. The maximum atomic E-state index is 13.5. The third kappa shape index (κ3) is 6.56. The van der Waals surface area contributed by atoms with Crippen molar-refractivity contribution in [3.63, 3.8) is 0 Å². The fraction of sp³-hybridized carbons (Fsp3) is 0.500. The summed E-state index contributed by atoms with van der Waals surface area (Å²) in [4.78, 5) is 22.9. The molecule has 1 aromatic carbocycles. The number of amides is 1. The molecule has 0 spiro atoms. The Hall–Kier alpha value is -2.11. The lowest BCUT2D eigenvalue weighted by Gasteiger charge is -2.09. The standard InChI is InChI=1S/C16H22FNO4/c1-11(2)22-16(20)8-9-18-15(19)7-5-12-4-6-14(21-3)13(17)10-12/h4,6,10-11H,5,7-9H2,1-3H3,(H,18,19). The molecule has 122 valence electrons. The maximum Gasteiger partial charge on any atom is 0.307 e. The zero-order valence-corrected chi connectivity index (χ0v) is 13.1. The van der Waals surface area contributed by atoms with Crippen LogP contribution in [0.2, 0.25) is 0 Å². The van der Waals surface area contributed by atoms with Gasteiger partial charge in [0.15, 0.2) is 11.6 Å². The highest BCUT2D eigenvalue weighted by atomic mass is 19.1. The molecule has 1 aromatic rings. The van der Waals surface area contributed by atoms with E-state index in [1.165, 1.54) is 19.2 Å². The minimum Gasteiger partial charge on any atom is -0.494 e. The number of halogens is 1. The van der Waals surface area contributed by atoms with E-state index in [9.17, 15) is 14.0 Å². The first kappa shape index (κ1) is 17.9.